The maximum atomic E-state index is 11.0. The predicted octanol–water partition coefficient (Wildman–Crippen LogP) is 2.48. The van der Waals surface area contributed by atoms with E-state index in [1.54, 1.807) is 6.92 Å². The fourth-order valence-corrected chi connectivity index (χ4v) is 1.28. The van der Waals surface area contributed by atoms with Crippen LogP contribution in [-0.4, -0.2) is 36.9 Å². The molecule has 20 heavy (non-hydrogen) atoms. The van der Waals surface area contributed by atoms with E-state index in [-0.39, 0.29) is 12.4 Å². The molecule has 0 fully saturated rings. The Morgan fingerprint density at radius 3 is 2.05 bits per heavy atom. The minimum absolute atomic E-state index is 0.198. The van der Waals surface area contributed by atoms with Crippen LogP contribution in [0.4, 0.5) is 0 Å². The Bertz CT molecular complexity index is 300. The normalized spacial score (nSPS) is 10.2. The first-order valence-corrected chi connectivity index (χ1v) is 6.83. The highest BCUT2D eigenvalue weighted by Gasteiger charge is 2.01. The zero-order chi connectivity index (χ0) is 15.2. The largest absolute Gasteiger partial charge is 0.481 e. The van der Waals surface area contributed by atoms with E-state index in [1.807, 2.05) is 0 Å². The van der Waals surface area contributed by atoms with Crippen molar-refractivity contribution < 1.29 is 29.2 Å². The molecule has 0 atom stereocenters. The third kappa shape index (κ3) is 13.0. The van der Waals surface area contributed by atoms with Crippen LogP contribution in [0.3, 0.4) is 0 Å². The molecule has 0 aliphatic carbocycles. The van der Waals surface area contributed by atoms with E-state index in [1.165, 1.54) is 0 Å². The van der Waals surface area contributed by atoms with Gasteiger partial charge in [-0.3, -0.25) is 4.79 Å². The number of carboxylic acid groups (broad SMARTS) is 1. The Kier molecular flexibility index (Phi) is 11.7. The van der Waals surface area contributed by atoms with E-state index in [9.17, 15) is 9.59 Å². The van der Waals surface area contributed by atoms with Gasteiger partial charge in [0.15, 0.2) is 0 Å². The van der Waals surface area contributed by atoms with Gasteiger partial charge in [-0.05, 0) is 32.6 Å². The molecule has 0 amide bonds. The van der Waals surface area contributed by atoms with Gasteiger partial charge in [-0.2, -0.15) is 0 Å². The van der Waals surface area contributed by atoms with E-state index in [4.69, 9.17) is 19.6 Å². The van der Waals surface area contributed by atoms with Crippen molar-refractivity contribution in [1.82, 2.24) is 0 Å². The lowest BCUT2D eigenvalue weighted by Crippen LogP contribution is -2.07. The lowest BCUT2D eigenvalue weighted by atomic mass is 10.2. The van der Waals surface area contributed by atoms with Gasteiger partial charge < -0.3 is 9.84 Å². The van der Waals surface area contributed by atoms with E-state index in [0.29, 0.717) is 38.2 Å². The highest BCUT2D eigenvalue weighted by atomic mass is 17.2. The van der Waals surface area contributed by atoms with Crippen LogP contribution in [0, 0.1) is 0 Å². The second-order valence-electron chi connectivity index (χ2n) is 4.47. The van der Waals surface area contributed by atoms with Crippen LogP contribution in [0.1, 0.15) is 45.4 Å². The average Bonchev–Trinajstić information content (AvgIpc) is 2.39. The van der Waals surface area contributed by atoms with Crippen LogP contribution in [0.5, 0.6) is 0 Å². The summed E-state index contributed by atoms with van der Waals surface area (Å²) >= 11 is 0. The monoisotopic (exact) mass is 288 g/mol. The zero-order valence-corrected chi connectivity index (χ0v) is 12.1. The van der Waals surface area contributed by atoms with Gasteiger partial charge in [-0.25, -0.2) is 14.6 Å². The lowest BCUT2D eigenvalue weighted by Gasteiger charge is -2.05. The molecule has 0 aromatic carbocycles. The summed E-state index contributed by atoms with van der Waals surface area (Å²) in [4.78, 5) is 31.2. The van der Waals surface area contributed by atoms with Gasteiger partial charge in [-0.1, -0.05) is 13.0 Å². The zero-order valence-electron chi connectivity index (χ0n) is 12.1. The Morgan fingerprint density at radius 1 is 0.950 bits per heavy atom. The van der Waals surface area contributed by atoms with Crippen molar-refractivity contribution >= 4 is 11.9 Å². The molecule has 0 radical (unpaired) electrons. The average molecular weight is 288 g/mol. The second kappa shape index (κ2) is 12.6. The summed E-state index contributed by atoms with van der Waals surface area (Å²) in [6, 6.07) is 0. The predicted molar refractivity (Wildman–Crippen MR) is 73.0 cm³/mol. The summed E-state index contributed by atoms with van der Waals surface area (Å²) in [5.74, 6) is -1.14. The molecular formula is C14H24O6. The third-order valence-corrected chi connectivity index (χ3v) is 2.41. The van der Waals surface area contributed by atoms with Crippen LogP contribution in [-0.2, 0) is 24.1 Å². The van der Waals surface area contributed by atoms with E-state index < -0.39 is 5.97 Å². The SMILES string of the molecule is C=C(C)C(=O)OCCCCOOCCCCCC(=O)O. The van der Waals surface area contributed by atoms with E-state index in [2.05, 4.69) is 6.58 Å². The molecule has 6 heteroatoms. The molecule has 0 aromatic rings. The van der Waals surface area contributed by atoms with Gasteiger partial charge in [0.2, 0.25) is 0 Å². The molecule has 6 nitrogen and oxygen atoms in total. The maximum Gasteiger partial charge on any atom is 0.333 e. The van der Waals surface area contributed by atoms with Crippen molar-refractivity contribution in [3.05, 3.63) is 12.2 Å². The molecule has 0 saturated heterocycles. The molecule has 1 N–H and O–H groups in total. The molecule has 0 aromatic heterocycles. The summed E-state index contributed by atoms with van der Waals surface area (Å²) in [5.41, 5.74) is 0.396. The smallest absolute Gasteiger partial charge is 0.333 e. The van der Waals surface area contributed by atoms with Crippen molar-refractivity contribution in [2.45, 2.75) is 45.4 Å². The number of carbonyl (C=O) groups is 2. The molecule has 0 spiro atoms. The van der Waals surface area contributed by atoms with Gasteiger partial charge in [0.05, 0.1) is 19.8 Å². The Morgan fingerprint density at radius 2 is 1.50 bits per heavy atom. The molecule has 0 aliphatic rings. The van der Waals surface area contributed by atoms with Crippen molar-refractivity contribution in [3.63, 3.8) is 0 Å². The van der Waals surface area contributed by atoms with Crippen LogP contribution in [0.15, 0.2) is 12.2 Å². The first-order chi connectivity index (χ1) is 9.54. The summed E-state index contributed by atoms with van der Waals surface area (Å²) in [5, 5.41) is 8.43. The number of hydrogen-bond acceptors (Lipinski definition) is 5. The van der Waals surface area contributed by atoms with E-state index >= 15 is 0 Å². The Hall–Kier alpha value is -1.40. The summed E-state index contributed by atoms with van der Waals surface area (Å²) in [6.45, 7) is 6.35. The number of aliphatic carboxylic acids is 1. The summed E-state index contributed by atoms with van der Waals surface area (Å²) in [6.07, 6.45) is 3.90. The molecule has 116 valence electrons. The van der Waals surface area contributed by atoms with Crippen molar-refractivity contribution in [1.29, 1.82) is 0 Å². The van der Waals surface area contributed by atoms with Crippen LogP contribution >= 0.6 is 0 Å². The number of esters is 1. The number of unbranched alkanes of at least 4 members (excludes halogenated alkanes) is 3. The molecule has 0 rings (SSSR count). The standard InChI is InChI=1S/C14H24O6/c1-12(2)14(17)18-9-6-7-11-20-19-10-5-3-4-8-13(15)16/h1,3-11H2,2H3,(H,15,16). The fourth-order valence-electron chi connectivity index (χ4n) is 1.28. The minimum atomic E-state index is -0.769. The van der Waals surface area contributed by atoms with Crippen LogP contribution < -0.4 is 0 Å². The van der Waals surface area contributed by atoms with Gasteiger partial charge in [0.25, 0.3) is 0 Å². The number of ether oxygens (including phenoxy) is 1. The summed E-state index contributed by atoms with van der Waals surface area (Å²) < 4.78 is 4.91. The van der Waals surface area contributed by atoms with Crippen molar-refractivity contribution in [2.75, 3.05) is 19.8 Å². The topological polar surface area (TPSA) is 82.1 Å². The summed E-state index contributed by atoms with van der Waals surface area (Å²) in [7, 11) is 0. The quantitative estimate of drug-likeness (QED) is 0.184. The molecule has 0 unspecified atom stereocenters. The van der Waals surface area contributed by atoms with Gasteiger partial charge in [-0.15, -0.1) is 0 Å². The molecule has 0 saturated carbocycles. The maximum absolute atomic E-state index is 11.0. The van der Waals surface area contributed by atoms with Gasteiger partial charge in [0.1, 0.15) is 0 Å². The third-order valence-electron chi connectivity index (χ3n) is 2.41. The number of carbonyl (C=O) groups excluding carboxylic acids is 1. The number of carboxylic acids is 1. The molecule has 0 bridgehead atoms. The Balaban J connectivity index is 3.12. The first-order valence-electron chi connectivity index (χ1n) is 6.83. The first kappa shape index (κ1) is 18.6. The lowest BCUT2D eigenvalue weighted by molar-refractivity contribution is -0.295. The fraction of sp³-hybridized carbons (Fsp3) is 0.714. The molecule has 0 heterocycles. The Labute approximate surface area is 119 Å². The highest BCUT2D eigenvalue weighted by Crippen LogP contribution is 2.01. The van der Waals surface area contributed by atoms with Crippen molar-refractivity contribution in [2.24, 2.45) is 0 Å². The van der Waals surface area contributed by atoms with Crippen LogP contribution in [0.2, 0.25) is 0 Å². The second-order valence-corrected chi connectivity index (χ2v) is 4.47. The number of rotatable bonds is 13. The molecule has 0 aliphatic heterocycles. The molecular weight excluding hydrogens is 264 g/mol. The van der Waals surface area contributed by atoms with Crippen LogP contribution in [0.25, 0.3) is 0 Å². The van der Waals surface area contributed by atoms with Gasteiger partial charge in [0, 0.05) is 12.0 Å². The minimum Gasteiger partial charge on any atom is -0.481 e. The number of hydrogen-bond donors (Lipinski definition) is 1. The van der Waals surface area contributed by atoms with Crippen molar-refractivity contribution in [3.8, 4) is 0 Å². The van der Waals surface area contributed by atoms with Gasteiger partial charge >= 0.3 is 11.9 Å². The van der Waals surface area contributed by atoms with E-state index in [0.717, 1.165) is 19.3 Å². The highest BCUT2D eigenvalue weighted by molar-refractivity contribution is 5.86.